The third kappa shape index (κ3) is 4.43. The first-order chi connectivity index (χ1) is 11.7. The molecule has 0 aliphatic rings. The Balaban J connectivity index is 2.22. The largest absolute Gasteiger partial charge is 0.346 e. The van der Waals surface area contributed by atoms with Gasteiger partial charge in [-0.2, -0.15) is 4.31 Å². The number of amides is 1. The van der Waals surface area contributed by atoms with E-state index >= 15 is 0 Å². The van der Waals surface area contributed by atoms with Gasteiger partial charge in [-0.25, -0.2) is 8.42 Å². The maximum Gasteiger partial charge on any atom is 0.251 e. The van der Waals surface area contributed by atoms with E-state index in [4.69, 9.17) is 0 Å². The lowest BCUT2D eigenvalue weighted by Crippen LogP contribution is -2.33. The van der Waals surface area contributed by atoms with Crippen molar-refractivity contribution in [2.24, 2.45) is 0 Å². The minimum atomic E-state index is -3.63. The average molecular weight is 361 g/mol. The van der Waals surface area contributed by atoms with Crippen molar-refractivity contribution in [1.29, 1.82) is 0 Å². The Hall–Kier alpha value is -2.25. The predicted molar refractivity (Wildman–Crippen MR) is 96.6 cm³/mol. The van der Waals surface area contributed by atoms with Crippen LogP contribution in [0.25, 0.3) is 0 Å². The van der Waals surface area contributed by atoms with Gasteiger partial charge in [0.1, 0.15) is 0 Å². The van der Waals surface area contributed by atoms with Gasteiger partial charge in [0.05, 0.1) is 10.9 Å². The normalized spacial score (nSPS) is 13.0. The Morgan fingerprint density at radius 3 is 2.36 bits per heavy atom. The number of benzene rings is 1. The van der Waals surface area contributed by atoms with E-state index in [9.17, 15) is 13.2 Å². The van der Waals surface area contributed by atoms with Crippen LogP contribution in [0.1, 0.15) is 42.7 Å². The van der Waals surface area contributed by atoms with Crippen molar-refractivity contribution in [3.05, 3.63) is 59.9 Å². The number of pyridine rings is 1. The van der Waals surface area contributed by atoms with Crippen molar-refractivity contribution >= 4 is 15.9 Å². The smallest absolute Gasteiger partial charge is 0.251 e. The van der Waals surface area contributed by atoms with E-state index in [-0.39, 0.29) is 22.9 Å². The Bertz CT molecular complexity index is 836. The molecule has 1 N–H and O–H groups in total. The van der Waals surface area contributed by atoms with Crippen LogP contribution in [0, 0.1) is 0 Å². The first kappa shape index (κ1) is 19.1. The van der Waals surface area contributed by atoms with Gasteiger partial charge in [-0.1, -0.05) is 6.07 Å². The predicted octanol–water partition coefficient (Wildman–Crippen LogP) is 2.60. The van der Waals surface area contributed by atoms with Gasteiger partial charge in [0.15, 0.2) is 0 Å². The highest BCUT2D eigenvalue weighted by Gasteiger charge is 2.24. The molecule has 2 aromatic rings. The van der Waals surface area contributed by atoms with E-state index in [0.29, 0.717) is 5.56 Å². The molecule has 0 aliphatic heterocycles. The van der Waals surface area contributed by atoms with Crippen molar-refractivity contribution in [1.82, 2.24) is 14.6 Å². The number of carbonyl (C=O) groups excluding carboxylic acids is 1. The van der Waals surface area contributed by atoms with Crippen molar-refractivity contribution in [3.63, 3.8) is 0 Å². The molecule has 0 aliphatic carbocycles. The second-order valence-corrected chi connectivity index (χ2v) is 8.12. The fourth-order valence-corrected chi connectivity index (χ4v) is 3.67. The zero-order valence-electron chi connectivity index (χ0n) is 14.8. The van der Waals surface area contributed by atoms with E-state index in [1.807, 2.05) is 19.1 Å². The highest BCUT2D eigenvalue weighted by molar-refractivity contribution is 7.89. The number of nitrogens with one attached hydrogen (secondary N) is 1. The van der Waals surface area contributed by atoms with Crippen LogP contribution in [0.3, 0.4) is 0 Å². The van der Waals surface area contributed by atoms with Gasteiger partial charge in [-0.3, -0.25) is 9.78 Å². The Labute approximate surface area is 148 Å². The van der Waals surface area contributed by atoms with Crippen molar-refractivity contribution in [2.45, 2.75) is 37.8 Å². The summed E-state index contributed by atoms with van der Waals surface area (Å²) in [4.78, 5) is 16.5. The third-order valence-corrected chi connectivity index (χ3v) is 6.08. The van der Waals surface area contributed by atoms with Crippen LogP contribution in [-0.2, 0) is 10.0 Å². The highest BCUT2D eigenvalue weighted by atomic mass is 32.2. The third-order valence-electron chi connectivity index (χ3n) is 4.05. The van der Waals surface area contributed by atoms with Gasteiger partial charge in [0, 0.05) is 31.0 Å². The molecule has 0 saturated carbocycles. The van der Waals surface area contributed by atoms with E-state index < -0.39 is 10.0 Å². The molecule has 1 atom stereocenters. The maximum absolute atomic E-state index is 12.6. The standard InChI is InChI=1S/C18H23N3O3S/c1-13(2)21(4)25(23,24)17-7-5-6-16(12-17)18(22)20-14(3)15-8-10-19-11-9-15/h5-14H,1-4H3,(H,20,22). The van der Waals surface area contributed by atoms with Crippen LogP contribution in [0.5, 0.6) is 0 Å². The number of carbonyl (C=O) groups is 1. The number of rotatable bonds is 6. The van der Waals surface area contributed by atoms with E-state index in [1.54, 1.807) is 38.4 Å². The monoisotopic (exact) mass is 361 g/mol. The van der Waals surface area contributed by atoms with E-state index in [1.165, 1.54) is 23.5 Å². The molecule has 1 aromatic carbocycles. The maximum atomic E-state index is 12.6. The van der Waals surface area contributed by atoms with Gasteiger partial charge < -0.3 is 5.32 Å². The summed E-state index contributed by atoms with van der Waals surface area (Å²) in [6, 6.07) is 9.34. The SMILES string of the molecule is CC(NC(=O)c1cccc(S(=O)(=O)N(C)C(C)C)c1)c1ccncc1. The van der Waals surface area contributed by atoms with Crippen LogP contribution >= 0.6 is 0 Å². The minimum Gasteiger partial charge on any atom is -0.346 e. The molecule has 7 heteroatoms. The Kier molecular flexibility index (Phi) is 5.92. The average Bonchev–Trinajstić information content (AvgIpc) is 2.61. The molecular formula is C18H23N3O3S. The lowest BCUT2D eigenvalue weighted by Gasteiger charge is -2.21. The topological polar surface area (TPSA) is 79.4 Å². The number of aromatic nitrogens is 1. The second-order valence-electron chi connectivity index (χ2n) is 6.12. The molecule has 0 fully saturated rings. The zero-order chi connectivity index (χ0) is 18.6. The molecule has 0 saturated heterocycles. The molecule has 0 radical (unpaired) electrons. The number of nitrogens with zero attached hydrogens (tertiary/aromatic N) is 2. The summed E-state index contributed by atoms with van der Waals surface area (Å²) >= 11 is 0. The summed E-state index contributed by atoms with van der Waals surface area (Å²) < 4.78 is 26.4. The second kappa shape index (κ2) is 7.76. The summed E-state index contributed by atoms with van der Waals surface area (Å²) in [5.41, 5.74) is 1.23. The fourth-order valence-electron chi connectivity index (χ4n) is 2.26. The molecule has 1 unspecified atom stereocenters. The summed E-state index contributed by atoms with van der Waals surface area (Å²) in [5.74, 6) is -0.325. The fraction of sp³-hybridized carbons (Fsp3) is 0.333. The minimum absolute atomic E-state index is 0.105. The Morgan fingerprint density at radius 1 is 1.12 bits per heavy atom. The molecule has 0 bridgehead atoms. The summed E-state index contributed by atoms with van der Waals surface area (Å²) in [7, 11) is -2.10. The van der Waals surface area contributed by atoms with Crippen molar-refractivity contribution in [2.75, 3.05) is 7.05 Å². The summed E-state index contributed by atoms with van der Waals surface area (Å²) in [6.07, 6.45) is 3.32. The van der Waals surface area contributed by atoms with Gasteiger partial charge >= 0.3 is 0 Å². The molecule has 6 nitrogen and oxygen atoms in total. The number of hydrogen-bond acceptors (Lipinski definition) is 4. The van der Waals surface area contributed by atoms with Crippen LogP contribution in [0.2, 0.25) is 0 Å². The lowest BCUT2D eigenvalue weighted by molar-refractivity contribution is 0.0939. The molecular weight excluding hydrogens is 338 g/mol. The highest BCUT2D eigenvalue weighted by Crippen LogP contribution is 2.19. The van der Waals surface area contributed by atoms with Crippen LogP contribution in [-0.4, -0.2) is 36.7 Å². The summed E-state index contributed by atoms with van der Waals surface area (Å²) in [6.45, 7) is 5.45. The van der Waals surface area contributed by atoms with Gasteiger partial charge in [0.2, 0.25) is 10.0 Å². The van der Waals surface area contributed by atoms with Gasteiger partial charge in [0.25, 0.3) is 5.91 Å². The Morgan fingerprint density at radius 2 is 1.76 bits per heavy atom. The molecule has 0 spiro atoms. The molecule has 134 valence electrons. The lowest BCUT2D eigenvalue weighted by atomic mass is 10.1. The first-order valence-electron chi connectivity index (χ1n) is 8.02. The summed E-state index contributed by atoms with van der Waals surface area (Å²) in [5, 5.41) is 2.87. The van der Waals surface area contributed by atoms with Crippen LogP contribution in [0.15, 0.2) is 53.7 Å². The molecule has 25 heavy (non-hydrogen) atoms. The van der Waals surface area contributed by atoms with Crippen molar-refractivity contribution in [3.8, 4) is 0 Å². The van der Waals surface area contributed by atoms with E-state index in [0.717, 1.165) is 5.56 Å². The molecule has 1 aromatic heterocycles. The van der Waals surface area contributed by atoms with Crippen molar-refractivity contribution < 1.29 is 13.2 Å². The van der Waals surface area contributed by atoms with E-state index in [2.05, 4.69) is 10.3 Å². The van der Waals surface area contributed by atoms with Gasteiger partial charge in [-0.15, -0.1) is 0 Å². The first-order valence-corrected chi connectivity index (χ1v) is 9.46. The number of hydrogen-bond donors (Lipinski definition) is 1. The molecule has 2 rings (SSSR count). The van der Waals surface area contributed by atoms with Gasteiger partial charge in [-0.05, 0) is 56.7 Å². The van der Waals surface area contributed by atoms with Crippen LogP contribution in [0.4, 0.5) is 0 Å². The quantitative estimate of drug-likeness (QED) is 0.858. The molecule has 1 heterocycles. The van der Waals surface area contributed by atoms with Crippen LogP contribution < -0.4 is 5.32 Å². The number of sulfonamides is 1. The molecule has 1 amide bonds. The zero-order valence-corrected chi connectivity index (χ0v) is 15.6.